The van der Waals surface area contributed by atoms with Gasteiger partial charge in [-0.05, 0) is 36.6 Å². The van der Waals surface area contributed by atoms with Crippen molar-refractivity contribution in [3.8, 4) is 5.75 Å². The summed E-state index contributed by atoms with van der Waals surface area (Å²) in [5.74, 6) is 0.886. The summed E-state index contributed by atoms with van der Waals surface area (Å²) in [5.41, 5.74) is 3.76. The molecule has 0 aliphatic carbocycles. The van der Waals surface area contributed by atoms with Crippen LogP contribution in [0, 0.1) is 0 Å². The molecule has 0 saturated carbocycles. The maximum absolute atomic E-state index is 5.20. The maximum atomic E-state index is 5.20. The average Bonchev–Trinajstić information content (AvgIpc) is 2.61. The highest BCUT2D eigenvalue weighted by atomic mass is 16.5. The van der Waals surface area contributed by atoms with Crippen LogP contribution in [-0.4, -0.2) is 13.2 Å². The minimum atomic E-state index is 0.275. The fourth-order valence-corrected chi connectivity index (χ4v) is 2.44. The minimum absolute atomic E-state index is 0.275. The average molecular weight is 307 g/mol. The van der Waals surface area contributed by atoms with E-state index >= 15 is 0 Å². The number of hydrogen-bond donors (Lipinski definition) is 1. The summed E-state index contributed by atoms with van der Waals surface area (Å²) in [7, 11) is 1.69. The predicted octanol–water partition coefficient (Wildman–Crippen LogP) is 4.53. The molecule has 0 unspecified atom stereocenters. The van der Waals surface area contributed by atoms with E-state index in [0.29, 0.717) is 0 Å². The Bertz CT molecular complexity index is 629. The van der Waals surface area contributed by atoms with Crippen molar-refractivity contribution in [1.29, 1.82) is 0 Å². The van der Waals surface area contributed by atoms with E-state index in [1.54, 1.807) is 7.11 Å². The van der Waals surface area contributed by atoms with Crippen LogP contribution in [0.5, 0.6) is 5.75 Å². The summed E-state index contributed by atoms with van der Waals surface area (Å²) in [6.45, 7) is 6.75. The first-order chi connectivity index (χ1) is 11.2. The molecule has 0 radical (unpaired) electrons. The van der Waals surface area contributed by atoms with E-state index in [4.69, 9.17) is 4.74 Å². The van der Waals surface area contributed by atoms with Crippen molar-refractivity contribution in [1.82, 2.24) is 5.32 Å². The van der Waals surface area contributed by atoms with Crippen LogP contribution in [0.2, 0.25) is 0 Å². The fraction of sp³-hybridized carbons (Fsp3) is 0.238. The monoisotopic (exact) mass is 307 g/mol. The zero-order valence-corrected chi connectivity index (χ0v) is 14.0. The van der Waals surface area contributed by atoms with Gasteiger partial charge < -0.3 is 10.1 Å². The second-order valence-electron chi connectivity index (χ2n) is 5.64. The van der Waals surface area contributed by atoms with Crippen molar-refractivity contribution < 1.29 is 4.74 Å². The number of hydrogen-bond acceptors (Lipinski definition) is 2. The number of methoxy groups -OCH3 is 1. The van der Waals surface area contributed by atoms with Crippen molar-refractivity contribution >= 4 is 0 Å². The normalized spacial score (nSPS) is 12.7. The van der Waals surface area contributed by atoms with Gasteiger partial charge in [0.05, 0.1) is 7.11 Å². The third-order valence-electron chi connectivity index (χ3n) is 3.81. The van der Waals surface area contributed by atoms with Crippen LogP contribution in [0.1, 0.15) is 18.1 Å². The molecule has 120 valence electrons. The third kappa shape index (κ3) is 5.76. The van der Waals surface area contributed by atoms with Gasteiger partial charge in [-0.2, -0.15) is 0 Å². The van der Waals surface area contributed by atoms with E-state index in [1.807, 2.05) is 24.3 Å². The Morgan fingerprint density at radius 2 is 1.78 bits per heavy atom. The number of nitrogens with one attached hydrogen (secondary N) is 1. The first-order valence-corrected chi connectivity index (χ1v) is 7.92. The Morgan fingerprint density at radius 1 is 1.09 bits per heavy atom. The molecule has 2 nitrogen and oxygen atoms in total. The lowest BCUT2D eigenvalue weighted by Crippen LogP contribution is -2.29. The van der Waals surface area contributed by atoms with E-state index in [2.05, 4.69) is 61.3 Å². The van der Waals surface area contributed by atoms with E-state index < -0.39 is 0 Å². The molecule has 0 saturated heterocycles. The Kier molecular flexibility index (Phi) is 6.64. The smallest absolute Gasteiger partial charge is 0.118 e. The van der Waals surface area contributed by atoms with Crippen LogP contribution in [0.3, 0.4) is 0 Å². The van der Waals surface area contributed by atoms with Crippen molar-refractivity contribution in [2.45, 2.75) is 25.9 Å². The quantitative estimate of drug-likeness (QED) is 0.724. The first kappa shape index (κ1) is 17.0. The predicted molar refractivity (Wildman–Crippen MR) is 97.7 cm³/mol. The first-order valence-electron chi connectivity index (χ1n) is 7.92. The largest absolute Gasteiger partial charge is 0.497 e. The van der Waals surface area contributed by atoms with Crippen molar-refractivity contribution in [3.63, 3.8) is 0 Å². The summed E-state index contributed by atoms with van der Waals surface area (Å²) in [6.07, 6.45) is 5.10. The minimum Gasteiger partial charge on any atom is -0.497 e. The lowest BCUT2D eigenvalue weighted by Gasteiger charge is -2.16. The van der Waals surface area contributed by atoms with E-state index in [-0.39, 0.29) is 6.04 Å². The Labute approximate surface area is 139 Å². The Hall–Kier alpha value is -2.32. The summed E-state index contributed by atoms with van der Waals surface area (Å²) < 4.78 is 5.20. The molecule has 0 aliphatic rings. The molecule has 0 fully saturated rings. The molecule has 2 heteroatoms. The van der Waals surface area contributed by atoms with Crippen LogP contribution in [0.4, 0.5) is 0 Å². The standard InChI is InChI=1S/C21H25NO/c1-4-17(2)14-20(15-18-8-6-5-7-9-18)22-16-19-10-12-21(23-3)13-11-19/h4-14,20,22H,1,15-16H2,2-3H3/b17-14-/t20-/m1/s1. The molecule has 0 aliphatic heterocycles. The van der Waals surface area contributed by atoms with Gasteiger partial charge in [-0.1, -0.05) is 66.8 Å². The number of allylic oxidation sites excluding steroid dienone is 2. The van der Waals surface area contributed by atoms with Crippen LogP contribution in [0.25, 0.3) is 0 Å². The van der Waals surface area contributed by atoms with Crippen LogP contribution in [-0.2, 0) is 13.0 Å². The van der Waals surface area contributed by atoms with Crippen molar-refractivity contribution in [3.05, 3.63) is 90.0 Å². The van der Waals surface area contributed by atoms with E-state index in [0.717, 1.165) is 18.7 Å². The van der Waals surface area contributed by atoms with Gasteiger partial charge in [-0.3, -0.25) is 0 Å². The molecule has 0 bridgehead atoms. The van der Waals surface area contributed by atoms with Crippen molar-refractivity contribution in [2.24, 2.45) is 0 Å². The maximum Gasteiger partial charge on any atom is 0.118 e. The summed E-state index contributed by atoms with van der Waals surface area (Å²) in [5, 5.41) is 3.62. The molecule has 23 heavy (non-hydrogen) atoms. The summed E-state index contributed by atoms with van der Waals surface area (Å²) in [4.78, 5) is 0. The second kappa shape index (κ2) is 8.96. The molecule has 0 amide bonds. The van der Waals surface area contributed by atoms with E-state index in [1.165, 1.54) is 16.7 Å². The highest BCUT2D eigenvalue weighted by molar-refractivity contribution is 5.27. The molecule has 2 aromatic rings. The van der Waals surface area contributed by atoms with Gasteiger partial charge in [-0.25, -0.2) is 0 Å². The summed E-state index contributed by atoms with van der Waals surface area (Å²) >= 11 is 0. The number of rotatable bonds is 8. The third-order valence-corrected chi connectivity index (χ3v) is 3.81. The molecule has 2 rings (SSSR count). The highest BCUT2D eigenvalue weighted by Crippen LogP contribution is 2.12. The molecule has 0 aromatic heterocycles. The van der Waals surface area contributed by atoms with Crippen LogP contribution < -0.4 is 10.1 Å². The fourth-order valence-electron chi connectivity index (χ4n) is 2.44. The summed E-state index contributed by atoms with van der Waals surface area (Å²) in [6, 6.07) is 19.0. The van der Waals surface area contributed by atoms with Gasteiger partial charge in [0.25, 0.3) is 0 Å². The zero-order chi connectivity index (χ0) is 16.5. The lowest BCUT2D eigenvalue weighted by molar-refractivity contribution is 0.414. The van der Waals surface area contributed by atoms with Gasteiger partial charge in [0.1, 0.15) is 5.75 Å². The molecule has 0 heterocycles. The molecule has 1 N–H and O–H groups in total. The van der Waals surface area contributed by atoms with E-state index in [9.17, 15) is 0 Å². The van der Waals surface area contributed by atoms with Gasteiger partial charge in [0.2, 0.25) is 0 Å². The molecule has 1 atom stereocenters. The SMILES string of the molecule is C=C/C(C)=C\[C@H](Cc1ccccc1)NCc1ccc(OC)cc1. The van der Waals surface area contributed by atoms with Gasteiger partial charge in [0.15, 0.2) is 0 Å². The van der Waals surface area contributed by atoms with Gasteiger partial charge >= 0.3 is 0 Å². The Morgan fingerprint density at radius 3 is 2.39 bits per heavy atom. The molecule has 2 aromatic carbocycles. The van der Waals surface area contributed by atoms with Crippen LogP contribution >= 0.6 is 0 Å². The van der Waals surface area contributed by atoms with Gasteiger partial charge in [-0.15, -0.1) is 0 Å². The molecular weight excluding hydrogens is 282 g/mol. The van der Waals surface area contributed by atoms with Crippen LogP contribution in [0.15, 0.2) is 78.9 Å². The lowest BCUT2D eigenvalue weighted by atomic mass is 10.0. The van der Waals surface area contributed by atoms with Gasteiger partial charge in [0, 0.05) is 12.6 Å². The second-order valence-corrected chi connectivity index (χ2v) is 5.64. The number of benzene rings is 2. The topological polar surface area (TPSA) is 21.3 Å². The zero-order valence-electron chi connectivity index (χ0n) is 14.0. The number of ether oxygens (including phenoxy) is 1. The highest BCUT2D eigenvalue weighted by Gasteiger charge is 2.07. The van der Waals surface area contributed by atoms with Crippen molar-refractivity contribution in [2.75, 3.05) is 7.11 Å². The molecular formula is C21H25NO. The Balaban J connectivity index is 2.03. The molecule has 0 spiro atoms.